The van der Waals surface area contributed by atoms with Crippen LogP contribution in [0, 0.1) is 0 Å². The highest BCUT2D eigenvalue weighted by atomic mass is 16.6. The molecule has 0 bridgehead atoms. The van der Waals surface area contributed by atoms with Crippen molar-refractivity contribution < 1.29 is 28.6 Å². The zero-order valence-electron chi connectivity index (χ0n) is 53.0. The van der Waals surface area contributed by atoms with Gasteiger partial charge in [-0.3, -0.25) is 14.4 Å². The Labute approximate surface area is 501 Å². The molecule has 6 nitrogen and oxygen atoms in total. The number of carbonyl (C=O) groups is 3. The van der Waals surface area contributed by atoms with E-state index in [4.69, 9.17) is 14.2 Å². The number of unbranched alkanes of at least 4 members (excludes halogenated alkanes) is 30. The van der Waals surface area contributed by atoms with E-state index in [9.17, 15) is 14.4 Å². The number of esters is 3. The number of ether oxygens (including phenoxy) is 3. The topological polar surface area (TPSA) is 78.9 Å². The number of allylic oxidation sites excluding steroid dienone is 20. The summed E-state index contributed by atoms with van der Waals surface area (Å²) in [7, 11) is 0. The minimum Gasteiger partial charge on any atom is -0.462 e. The molecule has 0 saturated heterocycles. The van der Waals surface area contributed by atoms with E-state index in [1.807, 2.05) is 0 Å². The summed E-state index contributed by atoms with van der Waals surface area (Å²) < 4.78 is 17.0. The molecule has 0 spiro atoms. The lowest BCUT2D eigenvalue weighted by Crippen LogP contribution is -2.30. The first-order valence-electron chi connectivity index (χ1n) is 34.0. The van der Waals surface area contributed by atoms with Gasteiger partial charge in [0.05, 0.1) is 0 Å². The Hall–Kier alpha value is -4.19. The first-order valence-corrected chi connectivity index (χ1v) is 34.0. The van der Waals surface area contributed by atoms with Crippen molar-refractivity contribution in [3.05, 3.63) is 122 Å². The van der Waals surface area contributed by atoms with Crippen molar-refractivity contribution in [1.29, 1.82) is 0 Å². The summed E-state index contributed by atoms with van der Waals surface area (Å²) in [5.74, 6) is -0.901. The standard InChI is InChI=1S/C75H126O6/c1-4-7-10-13-16-19-22-25-28-31-33-35-36-37-38-40-41-44-47-50-53-56-59-62-65-68-74(77)80-71-72(70-79-73(76)67-64-61-58-55-52-49-46-43-30-27-24-21-18-15-12-9-6-3)81-75(78)69-66-63-60-57-54-51-48-45-42-39-34-32-29-26-23-20-17-14-11-8-5-2/h7-8,10-11,16-17,19-20,25-26,28-29,33-35,37-39,45,48,72H,4-6,9,12-15,18,21-24,27,30-32,36,40-44,46-47,49-71H2,1-3H3/b10-7-,11-8-,19-16-,20-17-,28-25-,29-26-,35-33-,38-37-,39-34-,48-45-. The Morgan fingerprint density at radius 3 is 0.753 bits per heavy atom. The minimum absolute atomic E-state index is 0.0873. The highest BCUT2D eigenvalue weighted by Gasteiger charge is 2.19. The van der Waals surface area contributed by atoms with Crippen LogP contribution in [0.5, 0.6) is 0 Å². The Morgan fingerprint density at radius 2 is 0.481 bits per heavy atom. The molecule has 0 aliphatic carbocycles. The van der Waals surface area contributed by atoms with Gasteiger partial charge < -0.3 is 14.2 Å². The van der Waals surface area contributed by atoms with E-state index in [2.05, 4.69) is 142 Å². The highest BCUT2D eigenvalue weighted by Crippen LogP contribution is 2.17. The van der Waals surface area contributed by atoms with Gasteiger partial charge in [0.1, 0.15) is 13.2 Å². The molecule has 0 rings (SSSR count). The van der Waals surface area contributed by atoms with Crippen molar-refractivity contribution in [1.82, 2.24) is 0 Å². The maximum absolute atomic E-state index is 12.9. The smallest absolute Gasteiger partial charge is 0.306 e. The molecule has 0 amide bonds. The zero-order valence-corrected chi connectivity index (χ0v) is 53.0. The van der Waals surface area contributed by atoms with Gasteiger partial charge >= 0.3 is 17.9 Å². The molecule has 0 aromatic heterocycles. The van der Waals surface area contributed by atoms with Crippen LogP contribution in [-0.2, 0) is 28.6 Å². The average Bonchev–Trinajstić information content (AvgIpc) is 3.47. The van der Waals surface area contributed by atoms with Crippen LogP contribution in [0.2, 0.25) is 0 Å². The van der Waals surface area contributed by atoms with E-state index >= 15 is 0 Å². The lowest BCUT2D eigenvalue weighted by molar-refractivity contribution is -0.167. The molecular weight excluding hydrogens is 997 g/mol. The summed E-state index contributed by atoms with van der Waals surface area (Å²) in [6.45, 7) is 6.43. The Balaban J connectivity index is 4.42. The van der Waals surface area contributed by atoms with Gasteiger partial charge in [0.15, 0.2) is 6.10 Å². The van der Waals surface area contributed by atoms with Crippen LogP contribution in [0.1, 0.15) is 316 Å². The van der Waals surface area contributed by atoms with Gasteiger partial charge in [-0.25, -0.2) is 0 Å². The van der Waals surface area contributed by atoms with Crippen molar-refractivity contribution in [2.45, 2.75) is 322 Å². The molecule has 0 aromatic rings. The van der Waals surface area contributed by atoms with Crippen LogP contribution in [0.15, 0.2) is 122 Å². The van der Waals surface area contributed by atoms with E-state index in [0.29, 0.717) is 19.3 Å². The fraction of sp³-hybridized carbons (Fsp3) is 0.693. The molecular formula is C75H126O6. The van der Waals surface area contributed by atoms with Crippen LogP contribution < -0.4 is 0 Å². The number of hydrogen-bond donors (Lipinski definition) is 0. The molecule has 81 heavy (non-hydrogen) atoms. The molecule has 0 heterocycles. The van der Waals surface area contributed by atoms with Crippen LogP contribution in [0.4, 0.5) is 0 Å². The third-order valence-corrected chi connectivity index (χ3v) is 14.5. The summed E-state index contributed by atoms with van der Waals surface area (Å²) in [5.41, 5.74) is 0. The second-order valence-electron chi connectivity index (χ2n) is 22.3. The molecule has 0 aliphatic rings. The van der Waals surface area contributed by atoms with Gasteiger partial charge in [-0.05, 0) is 109 Å². The lowest BCUT2D eigenvalue weighted by Gasteiger charge is -2.18. The third kappa shape index (κ3) is 66.5. The molecule has 0 aliphatic heterocycles. The largest absolute Gasteiger partial charge is 0.462 e. The van der Waals surface area contributed by atoms with Crippen LogP contribution in [-0.4, -0.2) is 37.2 Å². The molecule has 0 N–H and O–H groups in total. The quantitative estimate of drug-likeness (QED) is 0.0261. The third-order valence-electron chi connectivity index (χ3n) is 14.5. The predicted octanol–water partition coefficient (Wildman–Crippen LogP) is 23.6. The van der Waals surface area contributed by atoms with E-state index < -0.39 is 6.10 Å². The first-order chi connectivity index (χ1) is 40.0. The number of carbonyl (C=O) groups excluding carboxylic acids is 3. The first kappa shape index (κ1) is 76.8. The van der Waals surface area contributed by atoms with Crippen LogP contribution in [0.3, 0.4) is 0 Å². The van der Waals surface area contributed by atoms with Crippen molar-refractivity contribution >= 4 is 17.9 Å². The van der Waals surface area contributed by atoms with Crippen molar-refractivity contribution in [3.63, 3.8) is 0 Å². The molecule has 0 saturated carbocycles. The van der Waals surface area contributed by atoms with E-state index in [1.165, 1.54) is 128 Å². The lowest BCUT2D eigenvalue weighted by atomic mass is 10.0. The second kappa shape index (κ2) is 68.3. The van der Waals surface area contributed by atoms with E-state index in [-0.39, 0.29) is 31.1 Å². The number of hydrogen-bond acceptors (Lipinski definition) is 6. The maximum Gasteiger partial charge on any atom is 0.306 e. The fourth-order valence-electron chi connectivity index (χ4n) is 9.44. The Kier molecular flexibility index (Phi) is 64.8. The van der Waals surface area contributed by atoms with Gasteiger partial charge in [0, 0.05) is 19.3 Å². The predicted molar refractivity (Wildman–Crippen MR) is 353 cm³/mol. The monoisotopic (exact) mass is 1120 g/mol. The van der Waals surface area contributed by atoms with Gasteiger partial charge in [-0.1, -0.05) is 309 Å². The summed E-state index contributed by atoms with van der Waals surface area (Å²) in [6.07, 6.45) is 94.9. The van der Waals surface area contributed by atoms with Gasteiger partial charge in [0.25, 0.3) is 0 Å². The Morgan fingerprint density at radius 1 is 0.259 bits per heavy atom. The molecule has 1 atom stereocenters. The fourth-order valence-corrected chi connectivity index (χ4v) is 9.44. The molecule has 1 unspecified atom stereocenters. The van der Waals surface area contributed by atoms with Gasteiger partial charge in [-0.2, -0.15) is 0 Å². The molecule has 0 radical (unpaired) electrons. The van der Waals surface area contributed by atoms with Crippen molar-refractivity contribution in [2.75, 3.05) is 13.2 Å². The SMILES string of the molecule is CC/C=C\C/C=C\C/C=C\C/C=C\C/C=C\CCCCCCCCCCCC(=O)OCC(COC(=O)CCCCCCCCCCCCCCCCCCC)OC(=O)CCCCCCC/C=C\C/C=C\C/C=C\C/C=C\C/C=C\CC. The molecule has 6 heteroatoms. The second-order valence-corrected chi connectivity index (χ2v) is 22.3. The zero-order chi connectivity index (χ0) is 58.5. The molecule has 462 valence electrons. The van der Waals surface area contributed by atoms with Crippen LogP contribution in [0.25, 0.3) is 0 Å². The average molecular weight is 1120 g/mol. The van der Waals surface area contributed by atoms with E-state index in [1.54, 1.807) is 0 Å². The Bertz CT molecular complexity index is 1670. The summed E-state index contributed by atoms with van der Waals surface area (Å²) in [4.78, 5) is 38.5. The van der Waals surface area contributed by atoms with E-state index in [0.717, 1.165) is 148 Å². The molecule has 0 aromatic carbocycles. The summed E-state index contributed by atoms with van der Waals surface area (Å²) in [6, 6.07) is 0. The van der Waals surface area contributed by atoms with Crippen LogP contribution >= 0.6 is 0 Å². The highest BCUT2D eigenvalue weighted by molar-refractivity contribution is 5.71. The molecule has 0 fully saturated rings. The van der Waals surface area contributed by atoms with Gasteiger partial charge in [-0.15, -0.1) is 0 Å². The normalized spacial score (nSPS) is 12.9. The summed E-state index contributed by atoms with van der Waals surface area (Å²) >= 11 is 0. The van der Waals surface area contributed by atoms with Crippen molar-refractivity contribution in [2.24, 2.45) is 0 Å². The summed E-state index contributed by atoms with van der Waals surface area (Å²) in [5, 5.41) is 0. The number of rotatable bonds is 61. The van der Waals surface area contributed by atoms with Gasteiger partial charge in [0.2, 0.25) is 0 Å². The minimum atomic E-state index is -0.795. The maximum atomic E-state index is 12.9. The van der Waals surface area contributed by atoms with Crippen molar-refractivity contribution in [3.8, 4) is 0 Å².